The van der Waals surface area contributed by atoms with Crippen LogP contribution in [0.25, 0.3) is 26.9 Å². The second-order valence-corrected chi connectivity index (χ2v) is 8.88. The summed E-state index contributed by atoms with van der Waals surface area (Å²) >= 11 is 7.44. The monoisotopic (exact) mass is 487 g/mol. The molecule has 3 aromatic carbocycles. The molecule has 0 aliphatic carbocycles. The Morgan fingerprint density at radius 1 is 1.12 bits per heavy atom. The molecule has 4 rings (SSSR count). The van der Waals surface area contributed by atoms with E-state index in [2.05, 4.69) is 16.4 Å². The van der Waals surface area contributed by atoms with E-state index in [1.807, 2.05) is 31.2 Å². The number of amides is 1. The summed E-state index contributed by atoms with van der Waals surface area (Å²) in [6, 6.07) is 21.8. The van der Waals surface area contributed by atoms with Crippen LogP contribution in [0, 0.1) is 18.3 Å². The number of nitriles is 1. The van der Waals surface area contributed by atoms with Gasteiger partial charge in [-0.05, 0) is 72.7 Å². The number of anilines is 1. The van der Waals surface area contributed by atoms with Gasteiger partial charge in [0.25, 0.3) is 5.91 Å². The normalized spacial score (nSPS) is 11.1. The van der Waals surface area contributed by atoms with Crippen molar-refractivity contribution in [3.63, 3.8) is 0 Å². The van der Waals surface area contributed by atoms with Crippen LogP contribution in [-0.2, 0) is 14.3 Å². The molecule has 0 saturated heterocycles. The molecule has 8 heteroatoms. The average molecular weight is 488 g/mol. The number of hydrogen-bond acceptors (Lipinski definition) is 6. The number of esters is 1. The number of aryl methyl sites for hydroxylation is 1. The Labute approximate surface area is 205 Å². The predicted octanol–water partition coefficient (Wildman–Crippen LogP) is 6.01. The number of aromatic nitrogens is 1. The van der Waals surface area contributed by atoms with Crippen molar-refractivity contribution < 1.29 is 14.3 Å². The minimum Gasteiger partial charge on any atom is -0.451 e. The fourth-order valence-corrected chi connectivity index (χ4v) is 4.32. The zero-order valence-corrected chi connectivity index (χ0v) is 19.6. The quantitative estimate of drug-likeness (QED) is 0.204. The zero-order chi connectivity index (χ0) is 24.1. The van der Waals surface area contributed by atoms with E-state index >= 15 is 0 Å². The van der Waals surface area contributed by atoms with Gasteiger partial charge in [-0.15, -0.1) is 11.3 Å². The van der Waals surface area contributed by atoms with Crippen molar-refractivity contribution in [1.82, 2.24) is 4.98 Å². The molecule has 1 aromatic heterocycles. The van der Waals surface area contributed by atoms with Crippen molar-refractivity contribution in [1.29, 1.82) is 5.26 Å². The molecule has 0 fully saturated rings. The number of carbonyl (C=O) groups is 2. The lowest BCUT2D eigenvalue weighted by Crippen LogP contribution is -2.21. The number of ether oxygens (including phenoxy) is 1. The number of benzene rings is 3. The molecule has 1 heterocycles. The van der Waals surface area contributed by atoms with Gasteiger partial charge in [0.1, 0.15) is 16.6 Å². The Kier molecular flexibility index (Phi) is 7.02. The Hall–Kier alpha value is -3.99. The van der Waals surface area contributed by atoms with Crippen LogP contribution in [0.1, 0.15) is 11.1 Å². The number of nitrogens with zero attached hydrogens (tertiary/aromatic N) is 2. The molecule has 0 unspecified atom stereocenters. The number of fused-ring (bicyclic) bond motifs is 1. The SMILES string of the molecule is Cc1ccc2nc(-c3ccc(NC(=O)COC(=O)C(C#N)=Cc4ccc(Cl)cc4)cc3)sc2c1. The van der Waals surface area contributed by atoms with Gasteiger partial charge in [-0.2, -0.15) is 5.26 Å². The molecule has 0 spiro atoms. The first-order chi connectivity index (χ1) is 16.4. The van der Waals surface area contributed by atoms with Gasteiger partial charge in [0.05, 0.1) is 10.2 Å². The van der Waals surface area contributed by atoms with Crippen molar-refractivity contribution in [3.05, 3.63) is 88.5 Å². The van der Waals surface area contributed by atoms with Gasteiger partial charge >= 0.3 is 5.97 Å². The summed E-state index contributed by atoms with van der Waals surface area (Å²) in [5.41, 5.74) is 4.03. The smallest absolute Gasteiger partial charge is 0.349 e. The molecular formula is C26H18ClN3O3S. The highest BCUT2D eigenvalue weighted by molar-refractivity contribution is 7.21. The fourth-order valence-electron chi connectivity index (χ4n) is 3.12. The summed E-state index contributed by atoms with van der Waals surface area (Å²) < 4.78 is 6.11. The molecule has 1 amide bonds. The molecule has 0 radical (unpaired) electrons. The summed E-state index contributed by atoms with van der Waals surface area (Å²) in [5, 5.41) is 13.3. The third-order valence-corrected chi connectivity index (χ3v) is 6.13. The largest absolute Gasteiger partial charge is 0.451 e. The van der Waals surface area contributed by atoms with Crippen molar-refractivity contribution in [2.75, 3.05) is 11.9 Å². The lowest BCUT2D eigenvalue weighted by molar-refractivity contribution is -0.142. The van der Waals surface area contributed by atoms with Gasteiger partial charge in [0, 0.05) is 16.3 Å². The maximum atomic E-state index is 12.2. The Balaban J connectivity index is 1.34. The van der Waals surface area contributed by atoms with E-state index in [9.17, 15) is 14.9 Å². The maximum absolute atomic E-state index is 12.2. The Bertz CT molecular complexity index is 1440. The minimum atomic E-state index is -0.881. The van der Waals surface area contributed by atoms with E-state index in [1.54, 1.807) is 53.8 Å². The van der Waals surface area contributed by atoms with Gasteiger partial charge < -0.3 is 10.1 Å². The number of thiazole rings is 1. The van der Waals surface area contributed by atoms with Crippen molar-refractivity contribution >= 4 is 56.8 Å². The van der Waals surface area contributed by atoms with E-state index in [0.29, 0.717) is 16.3 Å². The molecule has 0 aliphatic heterocycles. The van der Waals surface area contributed by atoms with E-state index in [-0.39, 0.29) is 5.57 Å². The van der Waals surface area contributed by atoms with Crippen LogP contribution in [0.15, 0.2) is 72.3 Å². The lowest BCUT2D eigenvalue weighted by Gasteiger charge is -2.07. The summed E-state index contributed by atoms with van der Waals surface area (Å²) in [5.74, 6) is -1.39. The van der Waals surface area contributed by atoms with Gasteiger partial charge in [-0.25, -0.2) is 9.78 Å². The molecule has 0 atom stereocenters. The van der Waals surface area contributed by atoms with Crippen molar-refractivity contribution in [3.8, 4) is 16.6 Å². The van der Waals surface area contributed by atoms with Gasteiger partial charge in [-0.1, -0.05) is 29.8 Å². The standard InChI is InChI=1S/C26H18ClN3O3S/c1-16-2-11-22-23(12-16)34-25(30-22)18-5-9-21(10-6-18)29-24(31)15-33-26(32)19(14-28)13-17-3-7-20(27)8-4-17/h2-13H,15H2,1H3,(H,29,31). The number of nitrogens with one attached hydrogen (secondary N) is 1. The molecule has 168 valence electrons. The van der Waals surface area contributed by atoms with Crippen molar-refractivity contribution in [2.24, 2.45) is 0 Å². The summed E-state index contributed by atoms with van der Waals surface area (Å²) in [7, 11) is 0. The predicted molar refractivity (Wildman–Crippen MR) is 134 cm³/mol. The van der Waals surface area contributed by atoms with Crippen molar-refractivity contribution in [2.45, 2.75) is 6.92 Å². The van der Waals surface area contributed by atoms with Crippen LogP contribution >= 0.6 is 22.9 Å². The molecule has 0 bridgehead atoms. The summed E-state index contributed by atoms with van der Waals surface area (Å²) in [4.78, 5) is 29.0. The summed E-state index contributed by atoms with van der Waals surface area (Å²) in [6.45, 7) is 1.53. The highest BCUT2D eigenvalue weighted by atomic mass is 35.5. The van der Waals surface area contributed by atoms with E-state index < -0.39 is 18.5 Å². The van der Waals surface area contributed by atoms with Crippen LogP contribution in [0.4, 0.5) is 5.69 Å². The van der Waals surface area contributed by atoms with E-state index in [1.165, 1.54) is 11.6 Å². The zero-order valence-electron chi connectivity index (χ0n) is 18.0. The minimum absolute atomic E-state index is 0.217. The van der Waals surface area contributed by atoms with Crippen LogP contribution < -0.4 is 5.32 Å². The van der Waals surface area contributed by atoms with Gasteiger partial charge in [0.15, 0.2) is 6.61 Å². The topological polar surface area (TPSA) is 92.1 Å². The van der Waals surface area contributed by atoms with Crippen LogP contribution in [0.3, 0.4) is 0 Å². The van der Waals surface area contributed by atoms with Crippen LogP contribution in [0.5, 0.6) is 0 Å². The molecule has 34 heavy (non-hydrogen) atoms. The van der Waals surface area contributed by atoms with Gasteiger partial charge in [0.2, 0.25) is 0 Å². The number of carbonyl (C=O) groups excluding carboxylic acids is 2. The fraction of sp³-hybridized carbons (Fsp3) is 0.0769. The molecular weight excluding hydrogens is 470 g/mol. The molecule has 1 N–H and O–H groups in total. The molecule has 0 aliphatic rings. The number of rotatable bonds is 6. The van der Waals surface area contributed by atoms with Gasteiger partial charge in [-0.3, -0.25) is 4.79 Å². The Morgan fingerprint density at radius 3 is 2.56 bits per heavy atom. The van der Waals surface area contributed by atoms with E-state index in [0.717, 1.165) is 20.8 Å². The molecule has 4 aromatic rings. The number of halogens is 1. The van der Waals surface area contributed by atoms with Crippen LogP contribution in [0.2, 0.25) is 5.02 Å². The maximum Gasteiger partial charge on any atom is 0.349 e. The van der Waals surface area contributed by atoms with Crippen LogP contribution in [-0.4, -0.2) is 23.5 Å². The third-order valence-electron chi connectivity index (χ3n) is 4.82. The average Bonchev–Trinajstić information content (AvgIpc) is 3.26. The number of hydrogen-bond donors (Lipinski definition) is 1. The third kappa shape index (κ3) is 5.67. The molecule has 6 nitrogen and oxygen atoms in total. The second kappa shape index (κ2) is 10.3. The lowest BCUT2D eigenvalue weighted by atomic mass is 10.1. The second-order valence-electron chi connectivity index (χ2n) is 7.41. The Morgan fingerprint density at radius 2 is 1.85 bits per heavy atom. The molecule has 0 saturated carbocycles. The first-order valence-electron chi connectivity index (χ1n) is 10.2. The highest BCUT2D eigenvalue weighted by Crippen LogP contribution is 2.31. The summed E-state index contributed by atoms with van der Waals surface area (Å²) in [6.07, 6.45) is 1.37. The first kappa shape index (κ1) is 23.2. The highest BCUT2D eigenvalue weighted by Gasteiger charge is 2.14. The van der Waals surface area contributed by atoms with E-state index in [4.69, 9.17) is 16.3 Å². The first-order valence-corrected chi connectivity index (χ1v) is 11.4.